The first kappa shape index (κ1) is 15.3. The van der Waals surface area contributed by atoms with Crippen molar-refractivity contribution in [3.05, 3.63) is 28.8 Å². The molecule has 6 heteroatoms. The van der Waals surface area contributed by atoms with E-state index >= 15 is 0 Å². The smallest absolute Gasteiger partial charge is 0.305 e. The molecule has 0 aromatic heterocycles. The van der Waals surface area contributed by atoms with E-state index in [-0.39, 0.29) is 24.9 Å². The maximum atomic E-state index is 12.3. The number of nitrogen functional groups attached to an aromatic ring is 1. The van der Waals surface area contributed by atoms with E-state index in [2.05, 4.69) is 0 Å². The van der Waals surface area contributed by atoms with Gasteiger partial charge < -0.3 is 15.7 Å². The zero-order valence-corrected chi connectivity index (χ0v) is 11.6. The van der Waals surface area contributed by atoms with Gasteiger partial charge in [0.2, 0.25) is 0 Å². The van der Waals surface area contributed by atoms with E-state index < -0.39 is 5.97 Å². The van der Waals surface area contributed by atoms with Crippen LogP contribution >= 0.6 is 11.6 Å². The third-order valence-electron chi connectivity index (χ3n) is 2.70. The lowest BCUT2D eigenvalue weighted by Crippen LogP contribution is -2.38. The molecule has 0 aliphatic rings. The first-order chi connectivity index (χ1) is 8.82. The molecule has 0 aliphatic carbocycles. The van der Waals surface area contributed by atoms with Crippen molar-refractivity contribution in [2.75, 3.05) is 12.3 Å². The lowest BCUT2D eigenvalue weighted by atomic mass is 10.1. The van der Waals surface area contributed by atoms with E-state index in [1.165, 1.54) is 11.0 Å². The van der Waals surface area contributed by atoms with Gasteiger partial charge in [-0.05, 0) is 32.0 Å². The highest BCUT2D eigenvalue weighted by Crippen LogP contribution is 2.21. The summed E-state index contributed by atoms with van der Waals surface area (Å²) >= 11 is 5.88. The number of nitrogens with two attached hydrogens (primary N) is 1. The van der Waals surface area contributed by atoms with Crippen molar-refractivity contribution in [3.63, 3.8) is 0 Å². The second-order valence-electron chi connectivity index (χ2n) is 4.47. The number of rotatable bonds is 5. The molecule has 1 rings (SSSR count). The van der Waals surface area contributed by atoms with Crippen LogP contribution in [-0.4, -0.2) is 34.5 Å². The van der Waals surface area contributed by atoms with Crippen LogP contribution in [0, 0.1) is 0 Å². The van der Waals surface area contributed by atoms with Crippen LogP contribution in [0.4, 0.5) is 5.69 Å². The molecule has 1 aromatic rings. The van der Waals surface area contributed by atoms with Gasteiger partial charge in [0.05, 0.1) is 17.1 Å². The maximum Gasteiger partial charge on any atom is 0.305 e. The summed E-state index contributed by atoms with van der Waals surface area (Å²) in [6.07, 6.45) is -0.0907. The fourth-order valence-corrected chi connectivity index (χ4v) is 1.82. The van der Waals surface area contributed by atoms with Crippen molar-refractivity contribution >= 4 is 29.2 Å². The second-order valence-corrected chi connectivity index (χ2v) is 4.88. The molecule has 0 radical (unpaired) electrons. The number of amides is 1. The Kier molecular flexibility index (Phi) is 5.18. The fourth-order valence-electron chi connectivity index (χ4n) is 1.64. The van der Waals surface area contributed by atoms with E-state index in [1.807, 2.05) is 13.8 Å². The summed E-state index contributed by atoms with van der Waals surface area (Å²) in [4.78, 5) is 24.4. The minimum atomic E-state index is -0.936. The highest BCUT2D eigenvalue weighted by Gasteiger charge is 2.20. The van der Waals surface area contributed by atoms with Gasteiger partial charge in [-0.3, -0.25) is 9.59 Å². The number of nitrogens with zero attached hydrogens (tertiary/aromatic N) is 1. The lowest BCUT2D eigenvalue weighted by Gasteiger charge is -2.26. The Labute approximate surface area is 117 Å². The van der Waals surface area contributed by atoms with Gasteiger partial charge in [0, 0.05) is 18.2 Å². The van der Waals surface area contributed by atoms with Crippen LogP contribution in [-0.2, 0) is 4.79 Å². The Morgan fingerprint density at radius 2 is 2.05 bits per heavy atom. The van der Waals surface area contributed by atoms with Gasteiger partial charge in [-0.15, -0.1) is 0 Å². The summed E-state index contributed by atoms with van der Waals surface area (Å²) in [6, 6.07) is 4.54. The molecule has 19 heavy (non-hydrogen) atoms. The van der Waals surface area contributed by atoms with Crippen LogP contribution in [0.3, 0.4) is 0 Å². The SMILES string of the molecule is CC(C)N(CCC(=O)O)C(=O)c1ccc(N)c(Cl)c1. The number of anilines is 1. The minimum absolute atomic E-state index is 0.0907. The van der Waals surface area contributed by atoms with Gasteiger partial charge >= 0.3 is 5.97 Å². The summed E-state index contributed by atoms with van der Waals surface area (Å²) in [5, 5.41) is 9.01. The average molecular weight is 285 g/mol. The molecule has 0 bridgehead atoms. The van der Waals surface area contributed by atoms with Crippen molar-refractivity contribution in [2.45, 2.75) is 26.3 Å². The first-order valence-corrected chi connectivity index (χ1v) is 6.28. The number of benzene rings is 1. The van der Waals surface area contributed by atoms with E-state index in [4.69, 9.17) is 22.4 Å². The molecule has 5 nitrogen and oxygen atoms in total. The Bertz CT molecular complexity index is 489. The van der Waals surface area contributed by atoms with Gasteiger partial charge in [0.1, 0.15) is 0 Å². The second kappa shape index (κ2) is 6.43. The first-order valence-electron chi connectivity index (χ1n) is 5.90. The van der Waals surface area contributed by atoms with Crippen LogP contribution in [0.15, 0.2) is 18.2 Å². The summed E-state index contributed by atoms with van der Waals surface area (Å²) in [5.74, 6) is -1.19. The Morgan fingerprint density at radius 3 is 2.53 bits per heavy atom. The van der Waals surface area contributed by atoms with Crippen LogP contribution in [0.5, 0.6) is 0 Å². The minimum Gasteiger partial charge on any atom is -0.481 e. The van der Waals surface area contributed by atoms with Gasteiger partial charge in [-0.25, -0.2) is 0 Å². The van der Waals surface area contributed by atoms with E-state index in [0.29, 0.717) is 16.3 Å². The van der Waals surface area contributed by atoms with E-state index in [9.17, 15) is 9.59 Å². The summed E-state index contributed by atoms with van der Waals surface area (Å²) in [5.41, 5.74) is 6.39. The van der Waals surface area contributed by atoms with Crippen LogP contribution in [0.1, 0.15) is 30.6 Å². The van der Waals surface area contributed by atoms with Crippen molar-refractivity contribution in [2.24, 2.45) is 0 Å². The molecular formula is C13H17ClN2O3. The number of halogens is 1. The maximum absolute atomic E-state index is 12.3. The fraction of sp³-hybridized carbons (Fsp3) is 0.385. The molecule has 0 aliphatic heterocycles. The van der Waals surface area contributed by atoms with Crippen molar-refractivity contribution in [1.82, 2.24) is 4.90 Å². The Balaban J connectivity index is 2.92. The summed E-state index contributed by atoms with van der Waals surface area (Å²) < 4.78 is 0. The van der Waals surface area contributed by atoms with Crippen molar-refractivity contribution in [1.29, 1.82) is 0 Å². The normalized spacial score (nSPS) is 10.5. The zero-order valence-electron chi connectivity index (χ0n) is 10.9. The highest BCUT2D eigenvalue weighted by molar-refractivity contribution is 6.33. The third-order valence-corrected chi connectivity index (χ3v) is 3.03. The van der Waals surface area contributed by atoms with Gasteiger partial charge in [0.25, 0.3) is 5.91 Å². The molecule has 0 heterocycles. The number of carbonyl (C=O) groups excluding carboxylic acids is 1. The Morgan fingerprint density at radius 1 is 1.42 bits per heavy atom. The van der Waals surface area contributed by atoms with Crippen LogP contribution in [0.2, 0.25) is 5.02 Å². The molecule has 1 amide bonds. The molecule has 0 fully saturated rings. The lowest BCUT2D eigenvalue weighted by molar-refractivity contribution is -0.137. The van der Waals surface area contributed by atoms with Crippen LogP contribution < -0.4 is 5.73 Å². The molecule has 0 saturated heterocycles. The van der Waals surface area contributed by atoms with E-state index in [0.717, 1.165) is 0 Å². The number of carboxylic acids is 1. The molecule has 0 unspecified atom stereocenters. The molecule has 104 valence electrons. The molecule has 0 saturated carbocycles. The number of hydrogen-bond donors (Lipinski definition) is 2. The predicted molar refractivity (Wildman–Crippen MR) is 74.3 cm³/mol. The zero-order chi connectivity index (χ0) is 14.6. The molecule has 0 spiro atoms. The topological polar surface area (TPSA) is 83.6 Å². The predicted octanol–water partition coefficient (Wildman–Crippen LogP) is 2.25. The monoisotopic (exact) mass is 284 g/mol. The quantitative estimate of drug-likeness (QED) is 0.812. The summed E-state index contributed by atoms with van der Waals surface area (Å²) in [7, 11) is 0. The molecule has 1 aromatic carbocycles. The van der Waals surface area contributed by atoms with Gasteiger partial charge in [-0.1, -0.05) is 11.6 Å². The van der Waals surface area contributed by atoms with E-state index in [1.54, 1.807) is 12.1 Å². The van der Waals surface area contributed by atoms with Crippen molar-refractivity contribution in [3.8, 4) is 0 Å². The number of hydrogen-bond acceptors (Lipinski definition) is 3. The number of carbonyl (C=O) groups is 2. The number of aliphatic carboxylic acids is 1. The standard InChI is InChI=1S/C13H17ClN2O3/c1-8(2)16(6-5-12(17)18)13(19)9-3-4-11(15)10(14)7-9/h3-4,7-8H,5-6,15H2,1-2H3,(H,17,18). The van der Waals surface area contributed by atoms with Gasteiger partial charge in [-0.2, -0.15) is 0 Å². The Hall–Kier alpha value is -1.75. The average Bonchev–Trinajstić information content (AvgIpc) is 2.31. The highest BCUT2D eigenvalue weighted by atomic mass is 35.5. The van der Waals surface area contributed by atoms with Gasteiger partial charge in [0.15, 0.2) is 0 Å². The summed E-state index contributed by atoms with van der Waals surface area (Å²) in [6.45, 7) is 3.82. The largest absolute Gasteiger partial charge is 0.481 e. The number of carboxylic acid groups (broad SMARTS) is 1. The molecule has 0 atom stereocenters. The molecule has 3 N–H and O–H groups in total. The third kappa shape index (κ3) is 4.13. The van der Waals surface area contributed by atoms with Crippen molar-refractivity contribution < 1.29 is 14.7 Å². The van der Waals surface area contributed by atoms with Crippen LogP contribution in [0.25, 0.3) is 0 Å². The molecular weight excluding hydrogens is 268 g/mol.